The van der Waals surface area contributed by atoms with Gasteiger partial charge in [-0.25, -0.2) is 0 Å². The largest absolute Gasteiger partial charge is 0.303 e. The molecular weight excluding hydrogens is 306 g/mol. The summed E-state index contributed by atoms with van der Waals surface area (Å²) in [5.41, 5.74) is 0. The summed E-state index contributed by atoms with van der Waals surface area (Å²) in [5, 5.41) is 0. The van der Waals surface area contributed by atoms with E-state index in [2.05, 4.69) is 20.3 Å². The molecule has 1 unspecified atom stereocenters. The molecular formula is C15H31NO3S2. The van der Waals surface area contributed by atoms with E-state index in [9.17, 15) is 4.21 Å². The van der Waals surface area contributed by atoms with Crippen LogP contribution in [0.15, 0.2) is 0 Å². The van der Waals surface area contributed by atoms with E-state index < -0.39 is 9.05 Å². The van der Waals surface area contributed by atoms with E-state index in [-0.39, 0.29) is 0 Å². The molecule has 1 fully saturated rings. The first-order valence-electron chi connectivity index (χ1n) is 8.42. The minimum Gasteiger partial charge on any atom is -0.303 e. The standard InChI is InChI=1S/C15H31NO3S2/c17-21(18,20)19-15-11-6-4-2-1-3-5-8-12-16-13-9-7-10-14-16/h1-15H2,(H,17,18,20). The van der Waals surface area contributed by atoms with Gasteiger partial charge >= 0.3 is 0 Å². The number of hydrogen-bond acceptors (Lipinski definition) is 4. The van der Waals surface area contributed by atoms with Gasteiger partial charge in [-0.2, -0.15) is 4.21 Å². The summed E-state index contributed by atoms with van der Waals surface area (Å²) >= 11 is 4.25. The van der Waals surface area contributed by atoms with Crippen molar-refractivity contribution in [3.63, 3.8) is 0 Å². The highest BCUT2D eigenvalue weighted by Crippen LogP contribution is 2.12. The highest BCUT2D eigenvalue weighted by atomic mass is 32.9. The van der Waals surface area contributed by atoms with Gasteiger partial charge in [-0.3, -0.25) is 8.74 Å². The number of likely N-dealkylation sites (tertiary alicyclic amines) is 1. The minimum atomic E-state index is -3.41. The number of hydrogen-bond donors (Lipinski definition) is 1. The third kappa shape index (κ3) is 12.5. The molecule has 0 radical (unpaired) electrons. The predicted octanol–water partition coefficient (Wildman–Crippen LogP) is 3.74. The van der Waals surface area contributed by atoms with Gasteiger partial charge in [-0.15, -0.1) is 0 Å². The molecule has 0 saturated carbocycles. The van der Waals surface area contributed by atoms with Crippen LogP contribution in [0.25, 0.3) is 0 Å². The van der Waals surface area contributed by atoms with Crippen LogP contribution in [0.5, 0.6) is 0 Å². The van der Waals surface area contributed by atoms with Crippen LogP contribution in [0, 0.1) is 0 Å². The molecule has 1 aliphatic rings. The normalized spacial score (nSPS) is 19.5. The third-order valence-corrected chi connectivity index (χ3v) is 4.80. The van der Waals surface area contributed by atoms with E-state index in [0.717, 1.165) is 12.8 Å². The van der Waals surface area contributed by atoms with Crippen molar-refractivity contribution in [1.82, 2.24) is 4.90 Å². The molecule has 1 atom stereocenters. The van der Waals surface area contributed by atoms with Gasteiger partial charge in [0.25, 0.3) is 9.05 Å². The van der Waals surface area contributed by atoms with Crippen LogP contribution < -0.4 is 0 Å². The molecule has 21 heavy (non-hydrogen) atoms. The van der Waals surface area contributed by atoms with Crippen LogP contribution in [0.3, 0.4) is 0 Å². The van der Waals surface area contributed by atoms with Crippen molar-refractivity contribution in [3.8, 4) is 0 Å². The first-order valence-corrected chi connectivity index (χ1v) is 10.8. The van der Waals surface area contributed by atoms with Crippen LogP contribution in [0.2, 0.25) is 0 Å². The SMILES string of the molecule is O=S(O)(=S)OCCCCCCCCCCN1CCCCC1. The summed E-state index contributed by atoms with van der Waals surface area (Å²) in [6.07, 6.45) is 13.8. The second-order valence-corrected chi connectivity index (χ2v) is 8.34. The molecule has 1 saturated heterocycles. The summed E-state index contributed by atoms with van der Waals surface area (Å²) < 4.78 is 24.1. The molecule has 1 rings (SSSR count). The smallest absolute Gasteiger partial charge is 0.266 e. The number of nitrogens with zero attached hydrogens (tertiary/aromatic N) is 1. The lowest BCUT2D eigenvalue weighted by atomic mass is 10.1. The van der Waals surface area contributed by atoms with Crippen LogP contribution in [-0.2, 0) is 24.4 Å². The summed E-state index contributed by atoms with van der Waals surface area (Å²) in [5.74, 6) is 0. The van der Waals surface area contributed by atoms with E-state index in [1.807, 2.05) is 0 Å². The van der Waals surface area contributed by atoms with Gasteiger partial charge < -0.3 is 4.90 Å². The molecule has 0 aromatic carbocycles. The van der Waals surface area contributed by atoms with E-state index >= 15 is 0 Å². The van der Waals surface area contributed by atoms with Crippen molar-refractivity contribution in [3.05, 3.63) is 0 Å². The van der Waals surface area contributed by atoms with Crippen LogP contribution in [0.4, 0.5) is 0 Å². The lowest BCUT2D eigenvalue weighted by Gasteiger charge is -2.26. The summed E-state index contributed by atoms with van der Waals surface area (Å²) in [7, 11) is -3.41. The quantitative estimate of drug-likeness (QED) is 0.550. The molecule has 0 bridgehead atoms. The van der Waals surface area contributed by atoms with Crippen molar-refractivity contribution >= 4 is 20.2 Å². The van der Waals surface area contributed by atoms with Gasteiger partial charge in [-0.1, -0.05) is 44.9 Å². The molecule has 1 N–H and O–H groups in total. The highest BCUT2D eigenvalue weighted by molar-refractivity contribution is 8.27. The number of rotatable bonds is 12. The number of piperidine rings is 1. The van der Waals surface area contributed by atoms with Crippen LogP contribution in [0.1, 0.15) is 70.6 Å². The predicted molar refractivity (Wildman–Crippen MR) is 91.3 cm³/mol. The van der Waals surface area contributed by atoms with E-state index in [1.54, 1.807) is 0 Å². The molecule has 0 aromatic heterocycles. The second kappa shape index (κ2) is 11.8. The second-order valence-electron chi connectivity index (χ2n) is 5.98. The summed E-state index contributed by atoms with van der Waals surface area (Å²) in [6, 6.07) is 0. The zero-order valence-electron chi connectivity index (χ0n) is 13.1. The molecule has 0 aliphatic carbocycles. The average Bonchev–Trinajstić information content (AvgIpc) is 2.44. The molecule has 6 heteroatoms. The van der Waals surface area contributed by atoms with Crippen molar-refractivity contribution in [2.24, 2.45) is 0 Å². The third-order valence-electron chi connectivity index (χ3n) is 4.05. The fourth-order valence-corrected chi connectivity index (χ4v) is 3.38. The van der Waals surface area contributed by atoms with E-state index in [0.29, 0.717) is 6.61 Å². The van der Waals surface area contributed by atoms with Gasteiger partial charge in [0.15, 0.2) is 0 Å². The topological polar surface area (TPSA) is 49.8 Å². The Balaban J connectivity index is 1.76. The van der Waals surface area contributed by atoms with Gasteiger partial charge in [-0.05, 0) is 45.3 Å². The van der Waals surface area contributed by atoms with Gasteiger partial charge in [0.2, 0.25) is 0 Å². The molecule has 0 amide bonds. The van der Waals surface area contributed by atoms with E-state index in [4.69, 9.17) is 4.55 Å². The molecule has 1 aliphatic heterocycles. The van der Waals surface area contributed by atoms with Crippen molar-refractivity contribution < 1.29 is 12.9 Å². The molecule has 126 valence electrons. The average molecular weight is 338 g/mol. The maximum absolute atomic E-state index is 10.7. The molecule has 4 nitrogen and oxygen atoms in total. The first kappa shape index (κ1) is 19.3. The summed E-state index contributed by atoms with van der Waals surface area (Å²) in [6.45, 7) is 4.21. The minimum absolute atomic E-state index is 0.300. The van der Waals surface area contributed by atoms with Crippen LogP contribution >= 0.6 is 0 Å². The molecule has 1 heterocycles. The monoisotopic (exact) mass is 337 g/mol. The first-order chi connectivity index (χ1) is 10.1. The zero-order valence-corrected chi connectivity index (χ0v) is 14.8. The van der Waals surface area contributed by atoms with Gasteiger partial charge in [0.05, 0.1) is 6.61 Å². The Kier molecular flexibility index (Phi) is 10.8. The lowest BCUT2D eigenvalue weighted by Crippen LogP contribution is -2.30. The number of unbranched alkanes of at least 4 members (excludes halogenated alkanes) is 7. The highest BCUT2D eigenvalue weighted by Gasteiger charge is 2.08. The maximum atomic E-state index is 10.7. The van der Waals surface area contributed by atoms with Crippen molar-refractivity contribution in [2.45, 2.75) is 70.6 Å². The Morgan fingerprint density at radius 1 is 0.905 bits per heavy atom. The van der Waals surface area contributed by atoms with E-state index in [1.165, 1.54) is 77.4 Å². The molecule has 0 spiro atoms. The fraction of sp³-hybridized carbons (Fsp3) is 1.00. The van der Waals surface area contributed by atoms with Crippen molar-refractivity contribution in [2.75, 3.05) is 26.2 Å². The van der Waals surface area contributed by atoms with Gasteiger partial charge in [0, 0.05) is 11.2 Å². The van der Waals surface area contributed by atoms with Gasteiger partial charge in [0.1, 0.15) is 0 Å². The summed E-state index contributed by atoms with van der Waals surface area (Å²) in [4.78, 5) is 2.61. The lowest BCUT2D eigenvalue weighted by molar-refractivity contribution is 0.224. The molecule has 0 aromatic rings. The Hall–Kier alpha value is 0.250. The van der Waals surface area contributed by atoms with Crippen LogP contribution in [-0.4, -0.2) is 39.9 Å². The Labute approximate surface area is 135 Å². The Morgan fingerprint density at radius 3 is 2.00 bits per heavy atom. The van der Waals surface area contributed by atoms with Crippen molar-refractivity contribution in [1.29, 1.82) is 0 Å². The Morgan fingerprint density at radius 2 is 1.43 bits per heavy atom. The Bertz CT molecular complexity index is 341. The fourth-order valence-electron chi connectivity index (χ4n) is 2.85. The maximum Gasteiger partial charge on any atom is 0.266 e. The zero-order chi connectivity index (χ0) is 15.4.